The molecule has 5 rings (SSSR count). The average Bonchev–Trinajstić information content (AvgIpc) is 3.43. The van der Waals surface area contributed by atoms with Gasteiger partial charge in [-0.05, 0) is 30.3 Å². The van der Waals surface area contributed by atoms with E-state index in [4.69, 9.17) is 0 Å². The molecule has 216 valence electrons. The molecule has 10 nitrogen and oxygen atoms in total. The van der Waals surface area contributed by atoms with Crippen LogP contribution in [0.4, 0.5) is 22.0 Å². The highest BCUT2D eigenvalue weighted by atomic mass is 32.2. The number of sulfone groups is 1. The zero-order chi connectivity index (χ0) is 29.7. The van der Waals surface area contributed by atoms with E-state index in [-0.39, 0.29) is 50.8 Å². The molecular weight excluding hydrogens is 579 g/mol. The first kappa shape index (κ1) is 28.1. The number of nitrogens with zero attached hydrogens (tertiary/aromatic N) is 3. The highest BCUT2D eigenvalue weighted by Crippen LogP contribution is 2.44. The van der Waals surface area contributed by atoms with Gasteiger partial charge in [0.25, 0.3) is 5.91 Å². The quantitative estimate of drug-likeness (QED) is 0.195. The Morgan fingerprint density at radius 2 is 1.90 bits per heavy atom. The van der Waals surface area contributed by atoms with Crippen molar-refractivity contribution < 1.29 is 49.4 Å². The summed E-state index contributed by atoms with van der Waals surface area (Å²) in [4.78, 5) is 16.2. The number of halogens is 5. The Hall–Kier alpha value is -4.47. The molecule has 0 radical (unpaired) electrons. The van der Waals surface area contributed by atoms with Crippen molar-refractivity contribution in [2.45, 2.75) is 37.4 Å². The fraction of sp³-hybridized carbons (Fsp3) is 0.240. The first-order chi connectivity index (χ1) is 19.2. The Balaban J connectivity index is 1.41. The second-order valence-corrected chi connectivity index (χ2v) is 11.2. The van der Waals surface area contributed by atoms with Crippen LogP contribution < -0.4 is 19.5 Å². The molecular formula is C25H19F5N4O6S. The van der Waals surface area contributed by atoms with Gasteiger partial charge in [0.2, 0.25) is 11.5 Å². The largest absolute Gasteiger partial charge is 0.618 e. The normalized spacial score (nSPS) is 14.4. The Labute approximate surface area is 228 Å². The fourth-order valence-electron chi connectivity index (χ4n) is 4.22. The lowest BCUT2D eigenvalue weighted by atomic mass is 10.1. The van der Waals surface area contributed by atoms with E-state index >= 15 is 0 Å². The number of amides is 1. The van der Waals surface area contributed by atoms with Gasteiger partial charge >= 0.3 is 12.5 Å². The lowest BCUT2D eigenvalue weighted by molar-refractivity contribution is -0.616. The monoisotopic (exact) mass is 598 g/mol. The number of fused-ring (bicyclic) bond motifs is 2. The Morgan fingerprint density at radius 1 is 1.15 bits per heavy atom. The van der Waals surface area contributed by atoms with E-state index < -0.39 is 46.3 Å². The van der Waals surface area contributed by atoms with Crippen LogP contribution in [0.25, 0.3) is 11.0 Å². The molecule has 0 spiro atoms. The minimum absolute atomic E-state index is 0.0185. The van der Waals surface area contributed by atoms with Gasteiger partial charge in [0, 0.05) is 17.2 Å². The van der Waals surface area contributed by atoms with Crippen LogP contribution in [-0.4, -0.2) is 35.9 Å². The van der Waals surface area contributed by atoms with Crippen LogP contribution in [0.5, 0.6) is 11.5 Å². The summed E-state index contributed by atoms with van der Waals surface area (Å²) in [7, 11) is -3.62. The van der Waals surface area contributed by atoms with Crippen molar-refractivity contribution in [2.75, 3.05) is 5.75 Å². The van der Waals surface area contributed by atoms with E-state index in [0.29, 0.717) is 4.73 Å². The van der Waals surface area contributed by atoms with Gasteiger partial charge in [-0.3, -0.25) is 4.79 Å². The third kappa shape index (κ3) is 5.46. The molecule has 0 atom stereocenters. The number of carbonyl (C=O) groups excluding carboxylic acids is 1. The Morgan fingerprint density at radius 3 is 2.59 bits per heavy atom. The lowest BCUT2D eigenvalue weighted by Crippen LogP contribution is -2.36. The van der Waals surface area contributed by atoms with Crippen molar-refractivity contribution >= 4 is 26.8 Å². The smallest absolute Gasteiger partial charge is 0.586 e. The molecule has 1 amide bonds. The number of rotatable bonds is 7. The molecule has 0 bridgehead atoms. The zero-order valence-corrected chi connectivity index (χ0v) is 21.7. The first-order valence-electron chi connectivity index (χ1n) is 11.9. The van der Waals surface area contributed by atoms with Crippen LogP contribution in [0.15, 0.2) is 59.6 Å². The van der Waals surface area contributed by atoms with Gasteiger partial charge < -0.3 is 24.6 Å². The predicted molar refractivity (Wildman–Crippen MR) is 131 cm³/mol. The van der Waals surface area contributed by atoms with Crippen molar-refractivity contribution in [3.63, 3.8) is 0 Å². The average molecular weight is 599 g/mol. The summed E-state index contributed by atoms with van der Waals surface area (Å²) in [5.41, 5.74) is -0.314. The highest BCUT2D eigenvalue weighted by Gasteiger charge is 2.45. The molecule has 1 N–H and O–H groups in total. The minimum Gasteiger partial charge on any atom is -0.618 e. The molecule has 16 heteroatoms. The summed E-state index contributed by atoms with van der Waals surface area (Å²) in [5.74, 6) is -3.01. The summed E-state index contributed by atoms with van der Waals surface area (Å²) in [6.07, 6.45) is -8.02. The summed E-state index contributed by atoms with van der Waals surface area (Å²) in [6, 6.07) is 9.87. The van der Waals surface area contributed by atoms with E-state index in [1.54, 1.807) is 0 Å². The Bertz CT molecular complexity index is 1790. The van der Waals surface area contributed by atoms with E-state index in [9.17, 15) is 40.4 Å². The van der Waals surface area contributed by atoms with Crippen LogP contribution in [0, 0.1) is 5.21 Å². The van der Waals surface area contributed by atoms with E-state index in [0.717, 1.165) is 16.8 Å². The minimum atomic E-state index is -4.93. The number of aromatic nitrogens is 3. The highest BCUT2D eigenvalue weighted by molar-refractivity contribution is 7.91. The third-order valence-electron chi connectivity index (χ3n) is 6.24. The summed E-state index contributed by atoms with van der Waals surface area (Å²) in [5, 5.41) is 14.7. The molecule has 0 unspecified atom stereocenters. The lowest BCUT2D eigenvalue weighted by Gasteiger charge is -2.13. The first-order valence-corrected chi connectivity index (χ1v) is 13.5. The van der Waals surface area contributed by atoms with Crippen molar-refractivity contribution in [3.8, 4) is 11.5 Å². The SMILES string of the molecule is CCS(=O)(=O)c1ccc(CNC(=O)c2ccc3c(c2)nc(C(F)(F)F)n3Cc2cccc3c2OC(F)(F)O3)[n+]([O-])c1. The van der Waals surface area contributed by atoms with Crippen molar-refractivity contribution in [3.05, 3.63) is 82.6 Å². The topological polar surface area (TPSA) is 126 Å². The number of hydrogen-bond donors (Lipinski definition) is 1. The molecule has 0 saturated heterocycles. The number of pyridine rings is 1. The number of alkyl halides is 5. The van der Waals surface area contributed by atoms with E-state index in [1.165, 1.54) is 49.4 Å². The molecule has 1 aliphatic rings. The Kier molecular flexibility index (Phi) is 6.75. The standard InChI is InChI=1S/C25H19F5N4O6S/c1-2-41(37,38)17-8-7-16(34(36)13-17)11-31-22(35)14-6-9-19-18(10-14)32-23(24(26,27)28)33(19)12-15-4-3-5-20-21(15)40-25(29,30)39-20/h3-10,13H,2,11-12H2,1H3,(H,31,35). The van der Waals surface area contributed by atoms with Crippen LogP contribution in [-0.2, 0) is 29.1 Å². The number of ether oxygens (including phenoxy) is 2. The van der Waals surface area contributed by atoms with E-state index in [1.807, 2.05) is 0 Å². The summed E-state index contributed by atoms with van der Waals surface area (Å²) < 4.78 is 103. The maximum absolute atomic E-state index is 13.9. The number of hydrogen-bond acceptors (Lipinski definition) is 7. The molecule has 0 aliphatic carbocycles. The maximum Gasteiger partial charge on any atom is 0.586 e. The number of benzene rings is 2. The van der Waals surface area contributed by atoms with Crippen molar-refractivity contribution in [1.82, 2.24) is 14.9 Å². The molecule has 1 aliphatic heterocycles. The number of carbonyl (C=O) groups is 1. The van der Waals surface area contributed by atoms with Crippen molar-refractivity contribution in [1.29, 1.82) is 0 Å². The van der Waals surface area contributed by atoms with Crippen LogP contribution in [0.1, 0.15) is 34.4 Å². The molecule has 0 fully saturated rings. The number of imidazole rings is 1. The summed E-state index contributed by atoms with van der Waals surface area (Å²) >= 11 is 0. The van der Waals surface area contributed by atoms with Crippen LogP contribution in [0.3, 0.4) is 0 Å². The third-order valence-corrected chi connectivity index (χ3v) is 7.96. The molecule has 0 saturated carbocycles. The van der Waals surface area contributed by atoms with Gasteiger partial charge in [0.05, 0.1) is 23.3 Å². The van der Waals surface area contributed by atoms with Gasteiger partial charge in [-0.2, -0.15) is 17.9 Å². The van der Waals surface area contributed by atoms with Gasteiger partial charge in [-0.25, -0.2) is 13.4 Å². The molecule has 41 heavy (non-hydrogen) atoms. The second-order valence-electron chi connectivity index (χ2n) is 8.90. The molecule has 3 heterocycles. The van der Waals surface area contributed by atoms with E-state index in [2.05, 4.69) is 19.8 Å². The molecule has 2 aromatic heterocycles. The molecule has 4 aromatic rings. The second kappa shape index (κ2) is 9.87. The number of nitrogens with one attached hydrogen (secondary N) is 1. The molecule has 2 aromatic carbocycles. The maximum atomic E-state index is 13.9. The van der Waals surface area contributed by atoms with Crippen LogP contribution >= 0.6 is 0 Å². The van der Waals surface area contributed by atoms with Gasteiger partial charge in [-0.1, -0.05) is 19.1 Å². The summed E-state index contributed by atoms with van der Waals surface area (Å²) in [6.45, 7) is 0.571. The van der Waals surface area contributed by atoms with Gasteiger partial charge in [0.1, 0.15) is 11.4 Å². The van der Waals surface area contributed by atoms with Gasteiger partial charge in [-0.15, -0.1) is 8.78 Å². The van der Waals surface area contributed by atoms with Crippen molar-refractivity contribution in [2.24, 2.45) is 0 Å². The van der Waals surface area contributed by atoms with Crippen LogP contribution in [0.2, 0.25) is 0 Å². The fourth-order valence-corrected chi connectivity index (χ4v) is 5.09. The predicted octanol–water partition coefficient (Wildman–Crippen LogP) is 3.78. The number of para-hydroxylation sites is 1. The van der Waals surface area contributed by atoms with Gasteiger partial charge in [0.15, 0.2) is 27.5 Å². The zero-order valence-electron chi connectivity index (χ0n) is 20.9.